The van der Waals surface area contributed by atoms with Crippen molar-refractivity contribution in [1.29, 1.82) is 0 Å². The second kappa shape index (κ2) is 7.29. The Morgan fingerprint density at radius 1 is 1.39 bits per heavy atom. The Balaban J connectivity index is 1.50. The van der Waals surface area contributed by atoms with Crippen LogP contribution in [-0.2, 0) is 18.4 Å². The maximum absolute atomic E-state index is 11.9. The van der Waals surface area contributed by atoms with Crippen molar-refractivity contribution in [3.8, 4) is 10.8 Å². The van der Waals surface area contributed by atoms with E-state index in [0.717, 1.165) is 10.7 Å². The van der Waals surface area contributed by atoms with Crippen molar-refractivity contribution < 1.29 is 4.79 Å². The van der Waals surface area contributed by atoms with Gasteiger partial charge in [0.2, 0.25) is 5.91 Å². The fourth-order valence-electron chi connectivity index (χ4n) is 1.67. The summed E-state index contributed by atoms with van der Waals surface area (Å²) in [5, 5.41) is 13.8. The third-order valence-corrected chi connectivity index (χ3v) is 4.70. The van der Waals surface area contributed by atoms with Gasteiger partial charge in [-0.2, -0.15) is 0 Å². The van der Waals surface area contributed by atoms with Gasteiger partial charge >= 0.3 is 0 Å². The van der Waals surface area contributed by atoms with Gasteiger partial charge in [0.25, 0.3) is 0 Å². The van der Waals surface area contributed by atoms with Crippen molar-refractivity contribution in [3.63, 3.8) is 0 Å². The summed E-state index contributed by atoms with van der Waals surface area (Å²) in [5.74, 6) is 0.794. The molecule has 3 aromatic heterocycles. The van der Waals surface area contributed by atoms with Crippen LogP contribution in [-0.4, -0.2) is 41.4 Å². The van der Waals surface area contributed by atoms with E-state index in [4.69, 9.17) is 0 Å². The third-order valence-electron chi connectivity index (χ3n) is 2.78. The van der Waals surface area contributed by atoms with Crippen LogP contribution in [0.15, 0.2) is 35.3 Å². The molecule has 0 aliphatic rings. The molecule has 0 bridgehead atoms. The second-order valence-corrected chi connectivity index (χ2v) is 6.31. The number of carbonyl (C=O) groups excluding carboxylic acids is 1. The molecular weight excluding hydrogens is 334 g/mol. The third kappa shape index (κ3) is 4.11. The minimum absolute atomic E-state index is 0.0801. The number of aromatic nitrogens is 6. The SMILES string of the molecule is Cn1cnnc1SCC(=O)NCc1csc(-c2ncccn2)n1. The number of thioether (sulfide) groups is 1. The van der Waals surface area contributed by atoms with E-state index in [0.29, 0.717) is 17.5 Å². The zero-order valence-electron chi connectivity index (χ0n) is 12.2. The Labute approximate surface area is 140 Å². The van der Waals surface area contributed by atoms with Crippen LogP contribution >= 0.6 is 23.1 Å². The van der Waals surface area contributed by atoms with Gasteiger partial charge in [0.1, 0.15) is 6.33 Å². The highest BCUT2D eigenvalue weighted by molar-refractivity contribution is 7.99. The number of nitrogens with one attached hydrogen (secondary N) is 1. The van der Waals surface area contributed by atoms with Gasteiger partial charge in [0.15, 0.2) is 16.0 Å². The molecular formula is C13H13N7OS2. The molecule has 0 aliphatic heterocycles. The van der Waals surface area contributed by atoms with Gasteiger partial charge in [-0.05, 0) is 6.07 Å². The maximum Gasteiger partial charge on any atom is 0.230 e. The van der Waals surface area contributed by atoms with E-state index >= 15 is 0 Å². The number of aryl methyl sites for hydroxylation is 1. The first-order chi connectivity index (χ1) is 11.2. The van der Waals surface area contributed by atoms with E-state index in [1.165, 1.54) is 23.1 Å². The molecule has 118 valence electrons. The summed E-state index contributed by atoms with van der Waals surface area (Å²) in [6, 6.07) is 1.76. The molecule has 3 heterocycles. The summed E-state index contributed by atoms with van der Waals surface area (Å²) in [6.45, 7) is 0.377. The molecule has 3 rings (SSSR count). The summed E-state index contributed by atoms with van der Waals surface area (Å²) >= 11 is 2.79. The number of hydrogen-bond acceptors (Lipinski definition) is 8. The lowest BCUT2D eigenvalue weighted by molar-refractivity contribution is -0.118. The van der Waals surface area contributed by atoms with Crippen molar-refractivity contribution in [1.82, 2.24) is 35.0 Å². The van der Waals surface area contributed by atoms with Gasteiger partial charge in [-0.1, -0.05) is 11.8 Å². The highest BCUT2D eigenvalue weighted by Gasteiger charge is 2.09. The number of rotatable bonds is 6. The molecule has 1 N–H and O–H groups in total. The number of nitrogens with zero attached hydrogens (tertiary/aromatic N) is 6. The van der Waals surface area contributed by atoms with Gasteiger partial charge in [-0.3, -0.25) is 4.79 Å². The first-order valence-electron chi connectivity index (χ1n) is 6.67. The van der Waals surface area contributed by atoms with Crippen molar-refractivity contribution in [2.45, 2.75) is 11.7 Å². The number of thiazole rings is 1. The Morgan fingerprint density at radius 3 is 2.96 bits per heavy atom. The zero-order chi connectivity index (χ0) is 16.1. The molecule has 0 radical (unpaired) electrons. The highest BCUT2D eigenvalue weighted by atomic mass is 32.2. The monoisotopic (exact) mass is 347 g/mol. The summed E-state index contributed by atoms with van der Waals surface area (Å²) in [6.07, 6.45) is 4.95. The molecule has 3 aromatic rings. The predicted molar refractivity (Wildman–Crippen MR) is 86.7 cm³/mol. The van der Waals surface area contributed by atoms with E-state index in [2.05, 4.69) is 30.5 Å². The fourth-order valence-corrected chi connectivity index (χ4v) is 3.16. The largest absolute Gasteiger partial charge is 0.350 e. The molecule has 0 spiro atoms. The normalized spacial score (nSPS) is 10.7. The summed E-state index contributed by atoms with van der Waals surface area (Å²) in [7, 11) is 1.84. The Morgan fingerprint density at radius 2 is 2.22 bits per heavy atom. The Hall–Kier alpha value is -2.33. The van der Waals surface area contributed by atoms with Crippen LogP contribution in [0, 0.1) is 0 Å². The minimum atomic E-state index is -0.0801. The fraction of sp³-hybridized carbons (Fsp3) is 0.231. The molecule has 0 aliphatic carbocycles. The summed E-state index contributed by atoms with van der Waals surface area (Å²) in [4.78, 5) is 24.6. The minimum Gasteiger partial charge on any atom is -0.350 e. The van der Waals surface area contributed by atoms with Crippen LogP contribution in [0.3, 0.4) is 0 Å². The van der Waals surface area contributed by atoms with E-state index in [1.807, 2.05) is 12.4 Å². The zero-order valence-corrected chi connectivity index (χ0v) is 13.8. The van der Waals surface area contributed by atoms with E-state index < -0.39 is 0 Å². The average molecular weight is 347 g/mol. The maximum atomic E-state index is 11.9. The van der Waals surface area contributed by atoms with Crippen LogP contribution in [0.1, 0.15) is 5.69 Å². The van der Waals surface area contributed by atoms with Crippen LogP contribution < -0.4 is 5.32 Å². The lowest BCUT2D eigenvalue weighted by atomic mass is 10.4. The van der Waals surface area contributed by atoms with Gasteiger partial charge in [0, 0.05) is 24.8 Å². The van der Waals surface area contributed by atoms with Crippen LogP contribution in [0.25, 0.3) is 10.8 Å². The summed E-state index contributed by atoms with van der Waals surface area (Å²) in [5.41, 5.74) is 0.787. The smallest absolute Gasteiger partial charge is 0.230 e. The average Bonchev–Trinajstić information content (AvgIpc) is 3.21. The number of hydrogen-bond donors (Lipinski definition) is 1. The van der Waals surface area contributed by atoms with E-state index in [1.54, 1.807) is 29.4 Å². The Bertz CT molecular complexity index is 786. The first kappa shape index (κ1) is 15.6. The van der Waals surface area contributed by atoms with Gasteiger partial charge in [0.05, 0.1) is 18.0 Å². The molecule has 0 saturated heterocycles. The van der Waals surface area contributed by atoms with Crippen molar-refractivity contribution in [2.24, 2.45) is 7.05 Å². The van der Waals surface area contributed by atoms with Crippen molar-refractivity contribution in [2.75, 3.05) is 5.75 Å². The summed E-state index contributed by atoms with van der Waals surface area (Å²) < 4.78 is 1.77. The predicted octanol–water partition coefficient (Wildman–Crippen LogP) is 1.14. The molecule has 0 fully saturated rings. The molecule has 8 nitrogen and oxygen atoms in total. The molecule has 23 heavy (non-hydrogen) atoms. The molecule has 10 heteroatoms. The van der Waals surface area contributed by atoms with Crippen LogP contribution in [0.4, 0.5) is 0 Å². The molecule has 1 amide bonds. The van der Waals surface area contributed by atoms with Gasteiger partial charge < -0.3 is 9.88 Å². The van der Waals surface area contributed by atoms with Crippen molar-refractivity contribution >= 4 is 29.0 Å². The number of carbonyl (C=O) groups is 1. The lowest BCUT2D eigenvalue weighted by Gasteiger charge is -2.02. The van der Waals surface area contributed by atoms with Crippen LogP contribution in [0.5, 0.6) is 0 Å². The molecule has 0 saturated carbocycles. The standard InChI is InChI=1S/C13H13N7OS2/c1-20-8-17-19-13(20)23-7-10(21)16-5-9-6-22-12(18-9)11-14-3-2-4-15-11/h2-4,6,8H,5,7H2,1H3,(H,16,21). The molecule has 0 aromatic carbocycles. The first-order valence-corrected chi connectivity index (χ1v) is 8.54. The number of amides is 1. The molecule has 0 unspecified atom stereocenters. The second-order valence-electron chi connectivity index (χ2n) is 4.51. The molecule has 0 atom stereocenters. The van der Waals surface area contributed by atoms with Gasteiger partial charge in [-0.15, -0.1) is 21.5 Å². The highest BCUT2D eigenvalue weighted by Crippen LogP contribution is 2.19. The van der Waals surface area contributed by atoms with Crippen molar-refractivity contribution in [3.05, 3.63) is 35.9 Å². The Kier molecular flexibility index (Phi) is 4.93. The van der Waals surface area contributed by atoms with Gasteiger partial charge in [-0.25, -0.2) is 15.0 Å². The van der Waals surface area contributed by atoms with Crippen LogP contribution in [0.2, 0.25) is 0 Å². The topological polar surface area (TPSA) is 98.5 Å². The van der Waals surface area contributed by atoms with E-state index in [9.17, 15) is 4.79 Å². The van der Waals surface area contributed by atoms with E-state index in [-0.39, 0.29) is 11.7 Å². The lowest BCUT2D eigenvalue weighted by Crippen LogP contribution is -2.24. The quantitative estimate of drug-likeness (QED) is 0.668.